The summed E-state index contributed by atoms with van der Waals surface area (Å²) in [6.45, 7) is 6.49. The molecular formula is C16H25N3O2. The number of aliphatic hydroxyl groups excluding tert-OH is 1. The Kier molecular flexibility index (Phi) is 5.31. The van der Waals surface area contributed by atoms with Crippen molar-refractivity contribution in [2.24, 2.45) is 0 Å². The van der Waals surface area contributed by atoms with Crippen LogP contribution in [0.25, 0.3) is 0 Å². The minimum atomic E-state index is -0.697. The molecule has 0 unspecified atom stereocenters. The molecule has 2 heterocycles. The van der Waals surface area contributed by atoms with Gasteiger partial charge < -0.3 is 10.4 Å². The number of pyridine rings is 1. The van der Waals surface area contributed by atoms with Crippen LogP contribution in [-0.2, 0) is 4.79 Å². The summed E-state index contributed by atoms with van der Waals surface area (Å²) >= 11 is 0. The summed E-state index contributed by atoms with van der Waals surface area (Å²) in [6, 6.07) is 4.22. The molecule has 5 nitrogen and oxygen atoms in total. The molecule has 116 valence electrons. The molecule has 0 radical (unpaired) electrons. The Morgan fingerprint density at radius 2 is 1.95 bits per heavy atom. The van der Waals surface area contributed by atoms with Crippen molar-refractivity contribution in [2.75, 3.05) is 6.54 Å². The quantitative estimate of drug-likeness (QED) is 0.862. The average molecular weight is 291 g/mol. The molecule has 0 spiro atoms. The second-order valence-corrected chi connectivity index (χ2v) is 5.94. The standard InChI is InChI=1S/C16H25N3O2/c1-11-4-5-12(2)19(11)13(3)16(21)18-10-15(20)14-6-8-17-9-7-14/h6-9,11-13,15,20H,4-5,10H2,1-3H3,(H,18,21)/t11-,12+,13-,15+/m0/s1. The van der Waals surface area contributed by atoms with E-state index in [-0.39, 0.29) is 18.5 Å². The first-order valence-corrected chi connectivity index (χ1v) is 7.64. The summed E-state index contributed by atoms with van der Waals surface area (Å²) in [5.74, 6) is -0.0243. The van der Waals surface area contributed by atoms with Gasteiger partial charge in [-0.15, -0.1) is 0 Å². The van der Waals surface area contributed by atoms with Crippen LogP contribution in [0.2, 0.25) is 0 Å². The van der Waals surface area contributed by atoms with Gasteiger partial charge in [-0.25, -0.2) is 0 Å². The van der Waals surface area contributed by atoms with Crippen molar-refractivity contribution in [3.05, 3.63) is 30.1 Å². The van der Waals surface area contributed by atoms with E-state index in [1.54, 1.807) is 24.5 Å². The Balaban J connectivity index is 1.87. The number of hydrogen-bond donors (Lipinski definition) is 2. The first-order chi connectivity index (χ1) is 10.0. The molecule has 21 heavy (non-hydrogen) atoms. The Morgan fingerprint density at radius 1 is 1.38 bits per heavy atom. The van der Waals surface area contributed by atoms with E-state index in [1.165, 1.54) is 0 Å². The molecule has 2 N–H and O–H groups in total. The van der Waals surface area contributed by atoms with Crippen LogP contribution in [0.15, 0.2) is 24.5 Å². The van der Waals surface area contributed by atoms with E-state index in [2.05, 4.69) is 29.0 Å². The highest BCUT2D eigenvalue weighted by Gasteiger charge is 2.34. The number of carbonyl (C=O) groups is 1. The van der Waals surface area contributed by atoms with Crippen molar-refractivity contribution < 1.29 is 9.90 Å². The van der Waals surface area contributed by atoms with Gasteiger partial charge in [0.1, 0.15) is 0 Å². The van der Waals surface area contributed by atoms with Crippen LogP contribution < -0.4 is 5.32 Å². The van der Waals surface area contributed by atoms with Crippen molar-refractivity contribution in [3.63, 3.8) is 0 Å². The minimum Gasteiger partial charge on any atom is -0.387 e. The van der Waals surface area contributed by atoms with Crippen molar-refractivity contribution >= 4 is 5.91 Å². The van der Waals surface area contributed by atoms with Crippen molar-refractivity contribution in [1.29, 1.82) is 0 Å². The van der Waals surface area contributed by atoms with Crippen molar-refractivity contribution in [1.82, 2.24) is 15.2 Å². The van der Waals surface area contributed by atoms with Crippen LogP contribution in [0.4, 0.5) is 0 Å². The maximum absolute atomic E-state index is 12.3. The van der Waals surface area contributed by atoms with Gasteiger partial charge in [-0.1, -0.05) is 0 Å². The summed E-state index contributed by atoms with van der Waals surface area (Å²) in [4.78, 5) is 18.5. The largest absolute Gasteiger partial charge is 0.387 e. The van der Waals surface area contributed by atoms with Gasteiger partial charge in [0.05, 0.1) is 12.1 Å². The zero-order valence-corrected chi connectivity index (χ0v) is 13.0. The van der Waals surface area contributed by atoms with Crippen LogP contribution in [0.5, 0.6) is 0 Å². The van der Waals surface area contributed by atoms with E-state index in [0.717, 1.165) is 18.4 Å². The molecule has 0 bridgehead atoms. The maximum Gasteiger partial charge on any atom is 0.237 e. The lowest BCUT2D eigenvalue weighted by molar-refractivity contribution is -0.127. The van der Waals surface area contributed by atoms with Crippen molar-refractivity contribution in [3.8, 4) is 0 Å². The van der Waals surface area contributed by atoms with Gasteiger partial charge in [-0.3, -0.25) is 14.7 Å². The number of likely N-dealkylation sites (tertiary alicyclic amines) is 1. The first-order valence-electron chi connectivity index (χ1n) is 7.64. The molecule has 0 saturated carbocycles. The Labute approximate surface area is 126 Å². The maximum atomic E-state index is 12.3. The minimum absolute atomic E-state index is 0.0243. The number of aromatic nitrogens is 1. The van der Waals surface area contributed by atoms with E-state index in [1.807, 2.05) is 6.92 Å². The highest BCUT2D eigenvalue weighted by atomic mass is 16.3. The summed E-state index contributed by atoms with van der Waals surface area (Å²) in [6.07, 6.45) is 4.85. The van der Waals surface area contributed by atoms with Crippen LogP contribution in [0.1, 0.15) is 45.3 Å². The van der Waals surface area contributed by atoms with Gasteiger partial charge in [0, 0.05) is 31.0 Å². The smallest absolute Gasteiger partial charge is 0.237 e. The van der Waals surface area contributed by atoms with Gasteiger partial charge in [0.15, 0.2) is 0 Å². The predicted octanol–water partition coefficient (Wildman–Crippen LogP) is 1.49. The van der Waals surface area contributed by atoms with Gasteiger partial charge in [-0.05, 0) is 51.3 Å². The first kappa shape index (κ1) is 15.9. The Morgan fingerprint density at radius 3 is 2.52 bits per heavy atom. The van der Waals surface area contributed by atoms with Gasteiger partial charge in [-0.2, -0.15) is 0 Å². The third-order valence-electron chi connectivity index (χ3n) is 4.41. The summed E-state index contributed by atoms with van der Waals surface area (Å²) in [7, 11) is 0. The third kappa shape index (κ3) is 3.80. The van der Waals surface area contributed by atoms with E-state index in [0.29, 0.717) is 12.1 Å². The molecule has 4 atom stereocenters. The zero-order chi connectivity index (χ0) is 15.4. The lowest BCUT2D eigenvalue weighted by Gasteiger charge is -2.31. The molecule has 1 fully saturated rings. The molecule has 1 saturated heterocycles. The molecule has 2 rings (SSSR count). The molecular weight excluding hydrogens is 266 g/mol. The summed E-state index contributed by atoms with van der Waals surface area (Å²) < 4.78 is 0. The molecule has 1 amide bonds. The van der Waals surface area contributed by atoms with Gasteiger partial charge >= 0.3 is 0 Å². The Bertz CT molecular complexity index is 456. The predicted molar refractivity (Wildman–Crippen MR) is 81.7 cm³/mol. The number of nitrogens with one attached hydrogen (secondary N) is 1. The normalized spacial score (nSPS) is 25.5. The SMILES string of the molecule is C[C@@H]1CC[C@H](C)N1[C@@H](C)C(=O)NC[C@@H](O)c1ccncc1. The van der Waals surface area contributed by atoms with Gasteiger partial charge in [0.2, 0.25) is 5.91 Å². The van der Waals surface area contributed by atoms with Crippen LogP contribution >= 0.6 is 0 Å². The highest BCUT2D eigenvalue weighted by Crippen LogP contribution is 2.25. The average Bonchev–Trinajstić information content (AvgIpc) is 2.83. The Hall–Kier alpha value is -1.46. The van der Waals surface area contributed by atoms with Crippen LogP contribution in [-0.4, -0.2) is 45.6 Å². The molecule has 1 aliphatic heterocycles. The molecule has 1 aromatic heterocycles. The van der Waals surface area contributed by atoms with E-state index in [4.69, 9.17) is 0 Å². The molecule has 0 aromatic carbocycles. The monoisotopic (exact) mass is 291 g/mol. The second kappa shape index (κ2) is 7.00. The van der Waals surface area contributed by atoms with Gasteiger partial charge in [0.25, 0.3) is 0 Å². The van der Waals surface area contributed by atoms with E-state index >= 15 is 0 Å². The number of amides is 1. The van der Waals surface area contributed by atoms with Crippen LogP contribution in [0, 0.1) is 0 Å². The van der Waals surface area contributed by atoms with E-state index < -0.39 is 6.10 Å². The molecule has 5 heteroatoms. The zero-order valence-electron chi connectivity index (χ0n) is 13.0. The molecule has 0 aliphatic carbocycles. The topological polar surface area (TPSA) is 65.5 Å². The summed E-state index contributed by atoms with van der Waals surface area (Å²) in [5, 5.41) is 12.9. The fraction of sp³-hybridized carbons (Fsp3) is 0.625. The summed E-state index contributed by atoms with van der Waals surface area (Å²) in [5.41, 5.74) is 0.765. The fourth-order valence-electron chi connectivity index (χ4n) is 3.16. The molecule has 1 aromatic rings. The molecule has 1 aliphatic rings. The number of carbonyl (C=O) groups excluding carboxylic acids is 1. The second-order valence-electron chi connectivity index (χ2n) is 5.94. The number of rotatable bonds is 5. The number of nitrogens with zero attached hydrogens (tertiary/aromatic N) is 2. The van der Waals surface area contributed by atoms with Crippen molar-refractivity contribution in [2.45, 2.75) is 57.8 Å². The van der Waals surface area contributed by atoms with E-state index in [9.17, 15) is 9.90 Å². The number of hydrogen-bond acceptors (Lipinski definition) is 4. The van der Waals surface area contributed by atoms with Crippen LogP contribution in [0.3, 0.4) is 0 Å². The highest BCUT2D eigenvalue weighted by molar-refractivity contribution is 5.81. The number of aliphatic hydroxyl groups is 1. The fourth-order valence-corrected chi connectivity index (χ4v) is 3.16. The lowest BCUT2D eigenvalue weighted by atomic mass is 10.1. The lowest BCUT2D eigenvalue weighted by Crippen LogP contribution is -2.49. The third-order valence-corrected chi connectivity index (χ3v) is 4.41.